The molecule has 1 atom stereocenters. The van der Waals surface area contributed by atoms with Gasteiger partial charge in [0.2, 0.25) is 5.91 Å². The Morgan fingerprint density at radius 3 is 2.70 bits per heavy atom. The fourth-order valence-electron chi connectivity index (χ4n) is 3.88. The molecule has 1 aliphatic carbocycles. The van der Waals surface area contributed by atoms with Gasteiger partial charge in [-0.2, -0.15) is 0 Å². The molecule has 30 heavy (non-hydrogen) atoms. The van der Waals surface area contributed by atoms with Crippen LogP contribution in [0.4, 0.5) is 5.69 Å². The molecule has 1 fully saturated rings. The number of halogens is 1. The van der Waals surface area contributed by atoms with Crippen molar-refractivity contribution in [2.24, 2.45) is 0 Å². The first kappa shape index (κ1) is 20.9. The van der Waals surface area contributed by atoms with E-state index in [0.29, 0.717) is 26.8 Å². The average Bonchev–Trinajstić information content (AvgIpc) is 3.26. The summed E-state index contributed by atoms with van der Waals surface area (Å²) in [5, 5.41) is 4.37. The van der Waals surface area contributed by atoms with Crippen LogP contribution in [0, 0.1) is 6.92 Å². The van der Waals surface area contributed by atoms with Crippen LogP contribution >= 0.6 is 23.4 Å². The van der Waals surface area contributed by atoms with Gasteiger partial charge in [0, 0.05) is 16.8 Å². The van der Waals surface area contributed by atoms with Gasteiger partial charge in [-0.3, -0.25) is 14.2 Å². The van der Waals surface area contributed by atoms with Gasteiger partial charge in [0.25, 0.3) is 5.56 Å². The number of hydrogen-bond acceptors (Lipinski definition) is 4. The summed E-state index contributed by atoms with van der Waals surface area (Å²) in [7, 11) is 0. The van der Waals surface area contributed by atoms with Crippen molar-refractivity contribution >= 4 is 45.9 Å². The molecule has 3 aromatic rings. The number of para-hydroxylation sites is 1. The minimum Gasteiger partial charge on any atom is -0.325 e. The maximum atomic E-state index is 13.3. The van der Waals surface area contributed by atoms with Crippen LogP contribution in [0.5, 0.6) is 0 Å². The van der Waals surface area contributed by atoms with Gasteiger partial charge in [0.05, 0.1) is 16.2 Å². The molecule has 0 spiro atoms. The summed E-state index contributed by atoms with van der Waals surface area (Å²) in [6.45, 7) is 3.71. The number of nitrogens with one attached hydrogen (secondary N) is 1. The van der Waals surface area contributed by atoms with E-state index in [-0.39, 0.29) is 17.5 Å². The average molecular weight is 442 g/mol. The largest absolute Gasteiger partial charge is 0.325 e. The molecule has 7 heteroatoms. The second-order valence-corrected chi connectivity index (χ2v) is 9.40. The van der Waals surface area contributed by atoms with Crippen LogP contribution in [0.1, 0.15) is 44.2 Å². The topological polar surface area (TPSA) is 64.0 Å². The first-order valence-electron chi connectivity index (χ1n) is 10.2. The van der Waals surface area contributed by atoms with E-state index >= 15 is 0 Å². The number of fused-ring (bicyclic) bond motifs is 1. The van der Waals surface area contributed by atoms with Crippen LogP contribution < -0.4 is 10.9 Å². The number of carbonyl (C=O) groups excluding carboxylic acids is 1. The molecular formula is C23H24ClN3O2S. The molecule has 1 saturated carbocycles. The highest BCUT2D eigenvalue weighted by Crippen LogP contribution is 2.33. The van der Waals surface area contributed by atoms with Crippen molar-refractivity contribution in [3.05, 3.63) is 63.4 Å². The molecule has 4 rings (SSSR count). The highest BCUT2D eigenvalue weighted by molar-refractivity contribution is 8.00. The Kier molecular flexibility index (Phi) is 6.16. The molecule has 1 aliphatic rings. The van der Waals surface area contributed by atoms with Gasteiger partial charge in [0.15, 0.2) is 5.16 Å². The number of benzene rings is 2. The molecule has 1 N–H and O–H groups in total. The van der Waals surface area contributed by atoms with E-state index in [9.17, 15) is 9.59 Å². The third-order valence-electron chi connectivity index (χ3n) is 5.64. The molecule has 1 unspecified atom stereocenters. The summed E-state index contributed by atoms with van der Waals surface area (Å²) in [4.78, 5) is 30.9. The second kappa shape index (κ2) is 8.82. The standard InChI is InChI=1S/C23H24ClN3O2S/c1-14-18(24)11-7-13-19(14)25-21(28)15(2)30-23-26-20-12-6-5-10-17(20)22(29)27(23)16-8-3-4-9-16/h5-7,10-13,15-16H,3-4,8-9H2,1-2H3,(H,25,28). The SMILES string of the molecule is Cc1c(Cl)cccc1NC(=O)C(C)Sc1nc2ccccc2c(=O)n1C1CCCC1. The number of amides is 1. The summed E-state index contributed by atoms with van der Waals surface area (Å²) in [5.41, 5.74) is 2.17. The number of rotatable bonds is 5. The lowest BCUT2D eigenvalue weighted by molar-refractivity contribution is -0.115. The van der Waals surface area contributed by atoms with Gasteiger partial charge in [-0.25, -0.2) is 4.98 Å². The Morgan fingerprint density at radius 1 is 1.20 bits per heavy atom. The van der Waals surface area contributed by atoms with Gasteiger partial charge >= 0.3 is 0 Å². The van der Waals surface area contributed by atoms with Gasteiger partial charge in [0.1, 0.15) is 0 Å². The molecule has 0 radical (unpaired) electrons. The number of nitrogens with zero attached hydrogens (tertiary/aromatic N) is 2. The highest BCUT2D eigenvalue weighted by atomic mass is 35.5. The molecule has 0 aliphatic heterocycles. The molecule has 0 saturated heterocycles. The van der Waals surface area contributed by atoms with Crippen LogP contribution in [0.25, 0.3) is 10.9 Å². The van der Waals surface area contributed by atoms with Gasteiger partial charge < -0.3 is 5.32 Å². The summed E-state index contributed by atoms with van der Waals surface area (Å²) in [6, 6.07) is 13.0. The summed E-state index contributed by atoms with van der Waals surface area (Å²) < 4.78 is 1.81. The van der Waals surface area contributed by atoms with E-state index in [2.05, 4.69) is 5.32 Å². The third kappa shape index (κ3) is 4.12. The van der Waals surface area contributed by atoms with Crippen LogP contribution in [0.15, 0.2) is 52.4 Å². The number of thioether (sulfide) groups is 1. The molecule has 5 nitrogen and oxygen atoms in total. The Labute approximate surface area is 184 Å². The lowest BCUT2D eigenvalue weighted by Crippen LogP contribution is -2.29. The van der Waals surface area contributed by atoms with Crippen molar-refractivity contribution in [3.63, 3.8) is 0 Å². The van der Waals surface area contributed by atoms with Gasteiger partial charge in [-0.1, -0.05) is 54.4 Å². The summed E-state index contributed by atoms with van der Waals surface area (Å²) >= 11 is 7.50. The maximum Gasteiger partial charge on any atom is 0.262 e. The monoisotopic (exact) mass is 441 g/mol. The molecule has 0 bridgehead atoms. The zero-order valence-electron chi connectivity index (χ0n) is 17.0. The third-order valence-corrected chi connectivity index (χ3v) is 7.12. The smallest absolute Gasteiger partial charge is 0.262 e. The van der Waals surface area contributed by atoms with Crippen molar-refractivity contribution in [1.29, 1.82) is 0 Å². The number of hydrogen-bond donors (Lipinski definition) is 1. The predicted molar refractivity (Wildman–Crippen MR) is 124 cm³/mol. The van der Waals surface area contributed by atoms with E-state index in [1.807, 2.05) is 54.8 Å². The van der Waals surface area contributed by atoms with E-state index < -0.39 is 5.25 Å². The van der Waals surface area contributed by atoms with Crippen LogP contribution in [0.3, 0.4) is 0 Å². The zero-order chi connectivity index (χ0) is 21.3. The summed E-state index contributed by atoms with van der Waals surface area (Å²) in [6.07, 6.45) is 4.15. The number of carbonyl (C=O) groups is 1. The minimum absolute atomic E-state index is 0.0201. The quantitative estimate of drug-likeness (QED) is 0.414. The second-order valence-electron chi connectivity index (χ2n) is 7.69. The Balaban J connectivity index is 1.65. The maximum absolute atomic E-state index is 13.3. The molecule has 1 heterocycles. The lowest BCUT2D eigenvalue weighted by atomic mass is 10.2. The van der Waals surface area contributed by atoms with Crippen molar-refractivity contribution in [2.45, 2.75) is 56.0 Å². The molecule has 1 amide bonds. The van der Waals surface area contributed by atoms with E-state index in [0.717, 1.165) is 31.2 Å². The fraction of sp³-hybridized carbons (Fsp3) is 0.348. The molecule has 156 valence electrons. The Morgan fingerprint density at radius 2 is 1.93 bits per heavy atom. The van der Waals surface area contributed by atoms with E-state index in [1.54, 1.807) is 6.07 Å². The Hall–Kier alpha value is -2.31. The summed E-state index contributed by atoms with van der Waals surface area (Å²) in [5.74, 6) is -0.147. The molecule has 1 aromatic heterocycles. The van der Waals surface area contributed by atoms with Gasteiger partial charge in [-0.15, -0.1) is 0 Å². The number of anilines is 1. The predicted octanol–water partition coefficient (Wildman–Crippen LogP) is 5.59. The van der Waals surface area contributed by atoms with Crippen LogP contribution in [-0.4, -0.2) is 20.7 Å². The molecular weight excluding hydrogens is 418 g/mol. The first-order chi connectivity index (χ1) is 14.5. The first-order valence-corrected chi connectivity index (χ1v) is 11.5. The fourth-order valence-corrected chi connectivity index (χ4v) is 5.04. The normalized spacial score (nSPS) is 15.4. The van der Waals surface area contributed by atoms with Gasteiger partial charge in [-0.05, 0) is 56.5 Å². The van der Waals surface area contributed by atoms with Crippen LogP contribution in [0.2, 0.25) is 5.02 Å². The zero-order valence-corrected chi connectivity index (χ0v) is 18.6. The van der Waals surface area contributed by atoms with Crippen molar-refractivity contribution in [2.75, 3.05) is 5.32 Å². The lowest BCUT2D eigenvalue weighted by Gasteiger charge is -2.20. The highest BCUT2D eigenvalue weighted by Gasteiger charge is 2.25. The van der Waals surface area contributed by atoms with E-state index in [1.165, 1.54) is 11.8 Å². The number of aromatic nitrogens is 2. The minimum atomic E-state index is -0.427. The van der Waals surface area contributed by atoms with Crippen molar-refractivity contribution < 1.29 is 4.79 Å². The Bertz CT molecular complexity index is 1150. The van der Waals surface area contributed by atoms with Crippen molar-refractivity contribution in [3.8, 4) is 0 Å². The van der Waals surface area contributed by atoms with E-state index in [4.69, 9.17) is 16.6 Å². The van der Waals surface area contributed by atoms with Crippen molar-refractivity contribution in [1.82, 2.24) is 9.55 Å². The van der Waals surface area contributed by atoms with Crippen LogP contribution in [-0.2, 0) is 4.79 Å². The molecule has 2 aromatic carbocycles.